The molecule has 7 heteroatoms. The molecule has 1 N–H and O–H groups in total. The standard InChI is InChI=1S/C15H20FN3O2.ClH/c1-17-7-6-14(20)18-8-10-19(11-9-18)15(21)12-2-4-13(16)5-3-12;/h2-5,17H,6-11H2,1H3;1H. The number of rotatable bonds is 4. The number of nitrogens with one attached hydrogen (secondary N) is 1. The molecule has 0 aromatic heterocycles. The van der Waals surface area contributed by atoms with Gasteiger partial charge in [0, 0.05) is 44.7 Å². The van der Waals surface area contributed by atoms with Crippen molar-refractivity contribution >= 4 is 24.2 Å². The minimum atomic E-state index is -0.355. The Labute approximate surface area is 135 Å². The fourth-order valence-electron chi connectivity index (χ4n) is 2.32. The second-order valence-corrected chi connectivity index (χ2v) is 5.03. The van der Waals surface area contributed by atoms with Crippen molar-refractivity contribution in [2.24, 2.45) is 0 Å². The van der Waals surface area contributed by atoms with Gasteiger partial charge in [-0.25, -0.2) is 4.39 Å². The molecule has 1 aliphatic heterocycles. The molecule has 0 aliphatic carbocycles. The van der Waals surface area contributed by atoms with E-state index in [1.165, 1.54) is 24.3 Å². The summed E-state index contributed by atoms with van der Waals surface area (Å²) in [6.07, 6.45) is 0.475. The Morgan fingerprint density at radius 1 is 1.09 bits per heavy atom. The molecule has 1 aliphatic rings. The minimum Gasteiger partial charge on any atom is -0.339 e. The molecular formula is C15H21ClFN3O2. The molecule has 2 rings (SSSR count). The first-order valence-corrected chi connectivity index (χ1v) is 7.09. The molecule has 1 saturated heterocycles. The van der Waals surface area contributed by atoms with Crippen LogP contribution in [0.25, 0.3) is 0 Å². The number of carbonyl (C=O) groups excluding carboxylic acids is 2. The lowest BCUT2D eigenvalue weighted by Gasteiger charge is -2.35. The molecule has 1 heterocycles. The average Bonchev–Trinajstić information content (AvgIpc) is 2.53. The molecule has 0 spiro atoms. The minimum absolute atomic E-state index is 0. The molecule has 122 valence electrons. The smallest absolute Gasteiger partial charge is 0.253 e. The van der Waals surface area contributed by atoms with Gasteiger partial charge in [-0.15, -0.1) is 12.4 Å². The Morgan fingerprint density at radius 3 is 2.18 bits per heavy atom. The van der Waals surface area contributed by atoms with Gasteiger partial charge in [-0.3, -0.25) is 9.59 Å². The molecule has 0 atom stereocenters. The van der Waals surface area contributed by atoms with E-state index in [9.17, 15) is 14.0 Å². The number of piperazine rings is 1. The third-order valence-electron chi connectivity index (χ3n) is 3.60. The van der Waals surface area contributed by atoms with E-state index >= 15 is 0 Å². The summed E-state index contributed by atoms with van der Waals surface area (Å²) in [4.78, 5) is 27.6. The van der Waals surface area contributed by atoms with Gasteiger partial charge in [-0.2, -0.15) is 0 Å². The average molecular weight is 330 g/mol. The first-order valence-electron chi connectivity index (χ1n) is 7.09. The summed E-state index contributed by atoms with van der Waals surface area (Å²) in [5.41, 5.74) is 0.478. The lowest BCUT2D eigenvalue weighted by Crippen LogP contribution is -2.50. The van der Waals surface area contributed by atoms with Gasteiger partial charge in [0.1, 0.15) is 5.82 Å². The Hall–Kier alpha value is -1.66. The Kier molecular flexibility index (Phi) is 7.27. The fraction of sp³-hybridized carbons (Fsp3) is 0.467. The van der Waals surface area contributed by atoms with E-state index in [0.29, 0.717) is 44.7 Å². The van der Waals surface area contributed by atoms with Crippen LogP contribution < -0.4 is 5.32 Å². The summed E-state index contributed by atoms with van der Waals surface area (Å²) in [5, 5.41) is 2.95. The topological polar surface area (TPSA) is 52.7 Å². The first kappa shape index (κ1) is 18.4. The van der Waals surface area contributed by atoms with Crippen LogP contribution in [0, 0.1) is 5.82 Å². The molecule has 22 heavy (non-hydrogen) atoms. The van der Waals surface area contributed by atoms with Gasteiger partial charge < -0.3 is 15.1 Å². The van der Waals surface area contributed by atoms with Crippen molar-refractivity contribution < 1.29 is 14.0 Å². The zero-order valence-electron chi connectivity index (χ0n) is 12.5. The summed E-state index contributed by atoms with van der Waals surface area (Å²) in [6.45, 7) is 2.79. The number of nitrogens with zero attached hydrogens (tertiary/aromatic N) is 2. The van der Waals surface area contributed by atoms with Crippen LogP contribution >= 0.6 is 12.4 Å². The van der Waals surface area contributed by atoms with Crippen LogP contribution in [-0.4, -0.2) is 61.4 Å². The van der Waals surface area contributed by atoms with Crippen molar-refractivity contribution in [1.82, 2.24) is 15.1 Å². The number of halogens is 2. The van der Waals surface area contributed by atoms with E-state index < -0.39 is 0 Å². The highest BCUT2D eigenvalue weighted by Crippen LogP contribution is 2.10. The van der Waals surface area contributed by atoms with Crippen molar-refractivity contribution in [2.75, 3.05) is 39.8 Å². The zero-order valence-corrected chi connectivity index (χ0v) is 13.4. The molecule has 0 bridgehead atoms. The molecule has 0 radical (unpaired) electrons. The van der Waals surface area contributed by atoms with E-state index in [1.54, 1.807) is 9.80 Å². The quantitative estimate of drug-likeness (QED) is 0.901. The molecule has 0 saturated carbocycles. The van der Waals surface area contributed by atoms with Crippen LogP contribution in [-0.2, 0) is 4.79 Å². The predicted molar refractivity (Wildman–Crippen MR) is 84.7 cm³/mol. The van der Waals surface area contributed by atoms with Crippen LogP contribution in [0.3, 0.4) is 0 Å². The van der Waals surface area contributed by atoms with Gasteiger partial charge in [-0.05, 0) is 31.3 Å². The van der Waals surface area contributed by atoms with Gasteiger partial charge in [0.15, 0.2) is 0 Å². The van der Waals surface area contributed by atoms with Crippen LogP contribution in [0.15, 0.2) is 24.3 Å². The van der Waals surface area contributed by atoms with E-state index in [0.717, 1.165) is 0 Å². The zero-order chi connectivity index (χ0) is 15.2. The molecule has 5 nitrogen and oxygen atoms in total. The summed E-state index contributed by atoms with van der Waals surface area (Å²) in [7, 11) is 1.81. The second kappa shape index (κ2) is 8.70. The van der Waals surface area contributed by atoms with Gasteiger partial charge in [0.25, 0.3) is 5.91 Å². The molecule has 1 aromatic carbocycles. The second-order valence-electron chi connectivity index (χ2n) is 5.03. The maximum atomic E-state index is 12.9. The summed E-state index contributed by atoms with van der Waals surface area (Å²) >= 11 is 0. The highest BCUT2D eigenvalue weighted by atomic mass is 35.5. The SMILES string of the molecule is CNCCC(=O)N1CCN(C(=O)c2ccc(F)cc2)CC1.Cl. The number of benzene rings is 1. The third kappa shape index (κ3) is 4.68. The maximum Gasteiger partial charge on any atom is 0.253 e. The molecule has 1 aromatic rings. The highest BCUT2D eigenvalue weighted by molar-refractivity contribution is 5.94. The summed E-state index contributed by atoms with van der Waals surface area (Å²) < 4.78 is 12.9. The summed E-state index contributed by atoms with van der Waals surface area (Å²) in [6, 6.07) is 5.54. The van der Waals surface area contributed by atoms with E-state index in [1.807, 2.05) is 7.05 Å². The van der Waals surface area contributed by atoms with Gasteiger partial charge >= 0.3 is 0 Å². The Morgan fingerprint density at radius 2 is 1.64 bits per heavy atom. The Bertz CT molecular complexity index is 502. The van der Waals surface area contributed by atoms with Crippen LogP contribution in [0.4, 0.5) is 4.39 Å². The maximum absolute atomic E-state index is 12.9. The number of carbonyl (C=O) groups is 2. The van der Waals surface area contributed by atoms with Crippen molar-refractivity contribution in [3.63, 3.8) is 0 Å². The van der Waals surface area contributed by atoms with Gasteiger partial charge in [0.2, 0.25) is 5.91 Å². The number of amides is 2. The lowest BCUT2D eigenvalue weighted by molar-refractivity contribution is -0.132. The largest absolute Gasteiger partial charge is 0.339 e. The van der Waals surface area contributed by atoms with Crippen molar-refractivity contribution in [2.45, 2.75) is 6.42 Å². The number of hydrogen-bond donors (Lipinski definition) is 1. The van der Waals surface area contributed by atoms with Crippen LogP contribution in [0.5, 0.6) is 0 Å². The number of hydrogen-bond acceptors (Lipinski definition) is 3. The van der Waals surface area contributed by atoms with Crippen LogP contribution in [0.2, 0.25) is 0 Å². The van der Waals surface area contributed by atoms with Crippen molar-refractivity contribution in [3.8, 4) is 0 Å². The normalized spacial score (nSPS) is 14.5. The van der Waals surface area contributed by atoms with E-state index in [2.05, 4.69) is 5.32 Å². The Balaban J connectivity index is 0.00000242. The molecular weight excluding hydrogens is 309 g/mol. The predicted octanol–water partition coefficient (Wildman–Crippen LogP) is 1.14. The van der Waals surface area contributed by atoms with Crippen molar-refractivity contribution in [3.05, 3.63) is 35.6 Å². The monoisotopic (exact) mass is 329 g/mol. The summed E-state index contributed by atoms with van der Waals surface area (Å²) in [5.74, 6) is -0.359. The lowest BCUT2D eigenvalue weighted by atomic mass is 10.1. The van der Waals surface area contributed by atoms with Gasteiger partial charge in [0.05, 0.1) is 0 Å². The fourth-order valence-corrected chi connectivity index (χ4v) is 2.32. The van der Waals surface area contributed by atoms with E-state index in [-0.39, 0.29) is 30.0 Å². The van der Waals surface area contributed by atoms with E-state index in [4.69, 9.17) is 0 Å². The van der Waals surface area contributed by atoms with Gasteiger partial charge in [-0.1, -0.05) is 0 Å². The third-order valence-corrected chi connectivity index (χ3v) is 3.60. The molecule has 2 amide bonds. The highest BCUT2D eigenvalue weighted by Gasteiger charge is 2.24. The van der Waals surface area contributed by atoms with Crippen LogP contribution in [0.1, 0.15) is 16.8 Å². The molecule has 0 unspecified atom stereocenters. The first-order chi connectivity index (χ1) is 10.1. The van der Waals surface area contributed by atoms with Crippen molar-refractivity contribution in [1.29, 1.82) is 0 Å². The molecule has 1 fully saturated rings.